The first-order valence-corrected chi connectivity index (χ1v) is 10.7. The van der Waals surface area contributed by atoms with Gasteiger partial charge >= 0.3 is 6.18 Å². The summed E-state index contributed by atoms with van der Waals surface area (Å²) in [5.41, 5.74) is 5.43. The summed E-state index contributed by atoms with van der Waals surface area (Å²) in [5, 5.41) is 8.88. The maximum Gasteiger partial charge on any atom is 0.433 e. The van der Waals surface area contributed by atoms with E-state index in [-0.39, 0.29) is 29.8 Å². The number of nitrogens with zero attached hydrogens (tertiary/aromatic N) is 2. The number of halogens is 5. The number of aromatic amines is 1. The van der Waals surface area contributed by atoms with Crippen LogP contribution in [-0.4, -0.2) is 27.1 Å². The molecular weight excluding hydrogens is 490 g/mol. The van der Waals surface area contributed by atoms with Crippen LogP contribution in [0.4, 0.5) is 23.2 Å². The highest BCUT2D eigenvalue weighted by Gasteiger charge is 2.35. The topological polar surface area (TPSA) is 106 Å². The molecule has 0 aliphatic rings. The fourth-order valence-corrected chi connectivity index (χ4v) is 3.55. The number of rotatable bonds is 7. The lowest BCUT2D eigenvalue weighted by atomic mass is 10.1. The molecule has 2 aromatic carbocycles. The highest BCUT2D eigenvalue weighted by Crippen LogP contribution is 2.33. The Bertz CT molecular complexity index is 1380. The molecule has 4 rings (SSSR count). The van der Waals surface area contributed by atoms with Gasteiger partial charge in [-0.2, -0.15) is 18.3 Å². The summed E-state index contributed by atoms with van der Waals surface area (Å²) >= 11 is 5.97. The number of carbonyl (C=O) groups excluding carboxylic acids is 1. The van der Waals surface area contributed by atoms with Gasteiger partial charge in [-0.1, -0.05) is 11.6 Å². The van der Waals surface area contributed by atoms with Gasteiger partial charge in [0.25, 0.3) is 0 Å². The zero-order valence-corrected chi connectivity index (χ0v) is 18.6. The summed E-state index contributed by atoms with van der Waals surface area (Å²) in [6.07, 6.45) is -2.23. The van der Waals surface area contributed by atoms with Gasteiger partial charge in [-0.25, -0.2) is 4.39 Å². The summed E-state index contributed by atoms with van der Waals surface area (Å²) in [4.78, 5) is 16.6. The Kier molecular flexibility index (Phi) is 6.90. The number of aromatic nitrogens is 3. The van der Waals surface area contributed by atoms with Gasteiger partial charge in [0, 0.05) is 33.9 Å². The molecule has 0 aliphatic heterocycles. The zero-order chi connectivity index (χ0) is 25.2. The van der Waals surface area contributed by atoms with Gasteiger partial charge in [-0.3, -0.25) is 14.9 Å². The first-order chi connectivity index (χ1) is 16.6. The van der Waals surface area contributed by atoms with E-state index >= 15 is 0 Å². The van der Waals surface area contributed by atoms with Crippen molar-refractivity contribution in [2.45, 2.75) is 25.1 Å². The number of hydrogen-bond acceptors (Lipinski definition) is 5. The smallest absolute Gasteiger partial charge is 0.433 e. The van der Waals surface area contributed by atoms with Gasteiger partial charge in [0.15, 0.2) is 11.6 Å². The van der Waals surface area contributed by atoms with Crippen LogP contribution in [0.5, 0.6) is 11.5 Å². The quantitative estimate of drug-likeness (QED) is 0.288. The molecule has 1 amide bonds. The average molecular weight is 508 g/mol. The van der Waals surface area contributed by atoms with E-state index in [2.05, 4.69) is 15.4 Å². The summed E-state index contributed by atoms with van der Waals surface area (Å²) in [5.74, 6) is -1.15. The van der Waals surface area contributed by atoms with E-state index in [4.69, 9.17) is 22.1 Å². The van der Waals surface area contributed by atoms with Crippen LogP contribution < -0.4 is 15.8 Å². The molecule has 4 aromatic rings. The van der Waals surface area contributed by atoms with Gasteiger partial charge < -0.3 is 15.8 Å². The monoisotopic (exact) mass is 507 g/mol. The zero-order valence-electron chi connectivity index (χ0n) is 17.9. The van der Waals surface area contributed by atoms with Crippen molar-refractivity contribution in [2.75, 3.05) is 5.32 Å². The second kappa shape index (κ2) is 9.88. The number of nitrogens with two attached hydrogens (primary N) is 1. The van der Waals surface area contributed by atoms with E-state index in [1.807, 2.05) is 5.10 Å². The van der Waals surface area contributed by atoms with Gasteiger partial charge in [0.1, 0.15) is 11.4 Å². The Hall–Kier alpha value is -3.70. The fraction of sp³-hybridized carbons (Fsp3) is 0.174. The Labute approximate surface area is 201 Å². The lowest BCUT2D eigenvalue weighted by Crippen LogP contribution is -2.36. The van der Waals surface area contributed by atoms with Crippen molar-refractivity contribution < 1.29 is 27.1 Å². The second-order valence-electron chi connectivity index (χ2n) is 7.62. The molecule has 0 saturated carbocycles. The fourth-order valence-electron chi connectivity index (χ4n) is 3.39. The number of H-pyrrole nitrogens is 1. The molecule has 0 radical (unpaired) electrons. The minimum Gasteiger partial charge on any atom is -0.454 e. The normalized spacial score (nSPS) is 12.5. The summed E-state index contributed by atoms with van der Waals surface area (Å²) in [6.45, 7) is 0. The van der Waals surface area contributed by atoms with Gasteiger partial charge in [0.2, 0.25) is 5.91 Å². The van der Waals surface area contributed by atoms with Crippen molar-refractivity contribution >= 4 is 34.1 Å². The van der Waals surface area contributed by atoms with Crippen molar-refractivity contribution in [3.05, 3.63) is 77.0 Å². The number of pyridine rings is 1. The van der Waals surface area contributed by atoms with Crippen molar-refractivity contribution in [1.29, 1.82) is 0 Å². The molecule has 4 N–H and O–H groups in total. The predicted octanol–water partition coefficient (Wildman–Crippen LogP) is 5.46. The molecule has 0 spiro atoms. The van der Waals surface area contributed by atoms with Gasteiger partial charge in [0.05, 0.1) is 17.8 Å². The third kappa shape index (κ3) is 5.69. The predicted molar refractivity (Wildman–Crippen MR) is 122 cm³/mol. The molecule has 2 aromatic heterocycles. The van der Waals surface area contributed by atoms with Crippen molar-refractivity contribution in [3.8, 4) is 11.5 Å². The van der Waals surface area contributed by atoms with Crippen LogP contribution in [0.3, 0.4) is 0 Å². The average Bonchev–Trinajstić information content (AvgIpc) is 3.28. The Morgan fingerprint density at radius 2 is 1.97 bits per heavy atom. The Balaban J connectivity index is 1.40. The van der Waals surface area contributed by atoms with Crippen LogP contribution in [0, 0.1) is 5.82 Å². The number of fused-ring (bicyclic) bond motifs is 1. The van der Waals surface area contributed by atoms with Crippen LogP contribution in [0.1, 0.15) is 17.7 Å². The molecule has 1 atom stereocenters. The third-order valence-electron chi connectivity index (χ3n) is 5.15. The van der Waals surface area contributed by atoms with E-state index in [9.17, 15) is 22.4 Å². The molecule has 2 heterocycles. The Morgan fingerprint density at radius 3 is 2.71 bits per heavy atom. The number of anilines is 1. The number of aryl methyl sites for hydroxylation is 1. The number of benzene rings is 2. The van der Waals surface area contributed by atoms with Gasteiger partial charge in [-0.15, -0.1) is 0 Å². The minimum absolute atomic E-state index is 0.0722. The highest BCUT2D eigenvalue weighted by atomic mass is 35.5. The first kappa shape index (κ1) is 24.4. The highest BCUT2D eigenvalue weighted by molar-refractivity contribution is 6.31. The maximum atomic E-state index is 14.7. The first-order valence-electron chi connectivity index (χ1n) is 10.3. The van der Waals surface area contributed by atoms with E-state index in [1.54, 1.807) is 24.3 Å². The number of hydrogen-bond donors (Lipinski definition) is 3. The van der Waals surface area contributed by atoms with E-state index in [1.165, 1.54) is 18.3 Å². The number of carbonyl (C=O) groups is 1. The molecule has 0 bridgehead atoms. The van der Waals surface area contributed by atoms with E-state index in [0.717, 1.165) is 12.3 Å². The summed E-state index contributed by atoms with van der Waals surface area (Å²) < 4.78 is 59.1. The van der Waals surface area contributed by atoms with E-state index in [0.29, 0.717) is 21.7 Å². The molecule has 35 heavy (non-hydrogen) atoms. The van der Waals surface area contributed by atoms with Crippen LogP contribution in [0.25, 0.3) is 10.9 Å². The third-order valence-corrected chi connectivity index (χ3v) is 5.38. The molecule has 0 fully saturated rings. The van der Waals surface area contributed by atoms with Crippen LogP contribution in [0.2, 0.25) is 5.02 Å². The number of ether oxygens (including phenoxy) is 1. The van der Waals surface area contributed by atoms with Crippen LogP contribution in [0.15, 0.2) is 54.9 Å². The molecule has 182 valence electrons. The Morgan fingerprint density at radius 1 is 1.17 bits per heavy atom. The maximum absolute atomic E-state index is 14.7. The molecule has 7 nitrogen and oxygen atoms in total. The van der Waals surface area contributed by atoms with Crippen LogP contribution in [-0.2, 0) is 17.4 Å². The van der Waals surface area contributed by atoms with Gasteiger partial charge in [-0.05, 0) is 49.2 Å². The molecule has 0 saturated heterocycles. The van der Waals surface area contributed by atoms with E-state index < -0.39 is 29.6 Å². The molecular formula is C23H18ClF4N5O2. The largest absolute Gasteiger partial charge is 0.454 e. The van der Waals surface area contributed by atoms with Crippen LogP contribution >= 0.6 is 11.6 Å². The molecule has 1 unspecified atom stereocenters. The lowest BCUT2D eigenvalue weighted by Gasteiger charge is -2.14. The number of nitrogens with one attached hydrogen (secondary N) is 2. The number of amides is 1. The molecule has 0 aliphatic carbocycles. The summed E-state index contributed by atoms with van der Waals surface area (Å²) in [7, 11) is 0. The minimum atomic E-state index is -4.59. The lowest BCUT2D eigenvalue weighted by molar-refractivity contribution is -0.141. The second-order valence-corrected chi connectivity index (χ2v) is 8.06. The van der Waals surface area contributed by atoms with Crippen molar-refractivity contribution in [3.63, 3.8) is 0 Å². The SMILES string of the molecule is NC(CCc1cn[nH]c1C(F)(F)F)C(=O)Nc1ccc(Oc2ccnc3cc(Cl)ccc23)c(F)c1. The number of alkyl halides is 3. The van der Waals surface area contributed by atoms with Crippen molar-refractivity contribution in [2.24, 2.45) is 5.73 Å². The molecule has 12 heteroatoms. The standard InChI is InChI=1S/C23H18ClF4N5O2/c24-13-2-4-15-18(9-13)30-8-7-19(15)35-20-6-3-14(10-16(20)25)32-22(34)17(29)5-1-12-11-31-33-21(12)23(26,27)28/h2-4,6-11,17H,1,5,29H2,(H,31,33)(H,32,34). The van der Waals surface area contributed by atoms with Crippen molar-refractivity contribution in [1.82, 2.24) is 15.2 Å². The summed E-state index contributed by atoms with van der Waals surface area (Å²) in [6, 6.07) is 9.27.